The molecule has 2 aromatic heterocycles. The lowest BCUT2D eigenvalue weighted by molar-refractivity contribution is 0.549. The molecular weight excluding hydrogens is 232 g/mol. The van der Waals surface area contributed by atoms with Crippen molar-refractivity contribution < 1.29 is 0 Å². The zero-order valence-electron chi connectivity index (χ0n) is 10.5. The van der Waals surface area contributed by atoms with Crippen LogP contribution in [-0.2, 0) is 13.5 Å². The predicted octanol–water partition coefficient (Wildman–Crippen LogP) is 2.08. The standard InChI is InChI=1S/C12H18N4S/c1-4-13-11(12-9(2)5-6-17-12)7-10-8-16(3)15-14-10/h5-6,8,11,13H,4,7H2,1-3H3. The minimum Gasteiger partial charge on any atom is -0.309 e. The van der Waals surface area contributed by atoms with Gasteiger partial charge in [0.25, 0.3) is 0 Å². The summed E-state index contributed by atoms with van der Waals surface area (Å²) in [4.78, 5) is 1.40. The SMILES string of the molecule is CCNC(Cc1cn(C)nn1)c1sccc1C. The van der Waals surface area contributed by atoms with Crippen molar-refractivity contribution in [3.05, 3.63) is 33.8 Å². The van der Waals surface area contributed by atoms with Gasteiger partial charge in [0.15, 0.2) is 0 Å². The average Bonchev–Trinajstić information content (AvgIpc) is 2.87. The lowest BCUT2D eigenvalue weighted by Gasteiger charge is -2.16. The first-order chi connectivity index (χ1) is 8.20. The van der Waals surface area contributed by atoms with Crippen LogP contribution in [0.4, 0.5) is 0 Å². The molecule has 92 valence electrons. The number of aromatic nitrogens is 3. The molecule has 0 saturated carbocycles. The molecule has 4 nitrogen and oxygen atoms in total. The molecule has 0 aromatic carbocycles. The molecule has 5 heteroatoms. The van der Waals surface area contributed by atoms with Gasteiger partial charge in [-0.05, 0) is 30.5 Å². The zero-order valence-corrected chi connectivity index (χ0v) is 11.3. The van der Waals surface area contributed by atoms with E-state index in [2.05, 4.69) is 40.9 Å². The Labute approximate surface area is 106 Å². The molecule has 0 fully saturated rings. The first-order valence-corrected chi connectivity index (χ1v) is 6.71. The number of likely N-dealkylation sites (N-methyl/N-ethyl adjacent to an activating group) is 1. The third kappa shape index (κ3) is 2.92. The van der Waals surface area contributed by atoms with Gasteiger partial charge in [0, 0.05) is 30.6 Å². The first kappa shape index (κ1) is 12.3. The molecule has 1 unspecified atom stereocenters. The summed E-state index contributed by atoms with van der Waals surface area (Å²) in [6, 6.07) is 2.51. The maximum Gasteiger partial charge on any atom is 0.0846 e. The molecule has 0 bridgehead atoms. The second kappa shape index (κ2) is 5.42. The van der Waals surface area contributed by atoms with E-state index in [0.717, 1.165) is 18.7 Å². The maximum absolute atomic E-state index is 4.15. The highest BCUT2D eigenvalue weighted by Crippen LogP contribution is 2.26. The van der Waals surface area contributed by atoms with Gasteiger partial charge in [0.1, 0.15) is 0 Å². The number of aryl methyl sites for hydroxylation is 2. The first-order valence-electron chi connectivity index (χ1n) is 5.83. The van der Waals surface area contributed by atoms with Crippen molar-refractivity contribution in [3.63, 3.8) is 0 Å². The summed E-state index contributed by atoms with van der Waals surface area (Å²) in [5.74, 6) is 0. The monoisotopic (exact) mass is 250 g/mol. The highest BCUT2D eigenvalue weighted by Gasteiger charge is 2.16. The number of thiophene rings is 1. The van der Waals surface area contributed by atoms with Crippen LogP contribution >= 0.6 is 11.3 Å². The van der Waals surface area contributed by atoms with E-state index in [1.165, 1.54) is 10.4 Å². The summed E-state index contributed by atoms with van der Waals surface area (Å²) in [5, 5.41) is 13.8. The van der Waals surface area contributed by atoms with Crippen LogP contribution in [0.3, 0.4) is 0 Å². The molecule has 1 atom stereocenters. The summed E-state index contributed by atoms with van der Waals surface area (Å²) in [6.45, 7) is 5.25. The van der Waals surface area contributed by atoms with E-state index in [1.54, 1.807) is 16.0 Å². The average molecular weight is 250 g/mol. The van der Waals surface area contributed by atoms with Crippen LogP contribution in [0.5, 0.6) is 0 Å². The molecular formula is C12H18N4S. The van der Waals surface area contributed by atoms with Gasteiger partial charge >= 0.3 is 0 Å². The van der Waals surface area contributed by atoms with Gasteiger partial charge < -0.3 is 5.32 Å². The summed E-state index contributed by atoms with van der Waals surface area (Å²) < 4.78 is 1.75. The Kier molecular flexibility index (Phi) is 3.91. The number of hydrogen-bond acceptors (Lipinski definition) is 4. The van der Waals surface area contributed by atoms with E-state index >= 15 is 0 Å². The van der Waals surface area contributed by atoms with Crippen LogP contribution in [0.25, 0.3) is 0 Å². The van der Waals surface area contributed by atoms with Gasteiger partial charge in [-0.3, -0.25) is 4.68 Å². The predicted molar refractivity (Wildman–Crippen MR) is 70.2 cm³/mol. The Bertz CT molecular complexity index is 474. The van der Waals surface area contributed by atoms with E-state index in [9.17, 15) is 0 Å². The van der Waals surface area contributed by atoms with E-state index in [4.69, 9.17) is 0 Å². The topological polar surface area (TPSA) is 42.7 Å². The Hall–Kier alpha value is -1.20. The van der Waals surface area contributed by atoms with Crippen molar-refractivity contribution >= 4 is 11.3 Å². The van der Waals surface area contributed by atoms with Crippen molar-refractivity contribution in [1.29, 1.82) is 0 Å². The Morgan fingerprint density at radius 2 is 2.35 bits per heavy atom. The third-order valence-corrected chi connectivity index (χ3v) is 3.86. The normalized spacial score (nSPS) is 12.9. The van der Waals surface area contributed by atoms with Crippen LogP contribution in [0.15, 0.2) is 17.6 Å². The van der Waals surface area contributed by atoms with Crippen molar-refractivity contribution in [1.82, 2.24) is 20.3 Å². The van der Waals surface area contributed by atoms with Gasteiger partial charge in [0.2, 0.25) is 0 Å². The Morgan fingerprint density at radius 3 is 2.88 bits per heavy atom. The molecule has 0 radical (unpaired) electrons. The molecule has 0 amide bonds. The summed E-state index contributed by atoms with van der Waals surface area (Å²) >= 11 is 1.81. The van der Waals surface area contributed by atoms with Crippen LogP contribution in [0, 0.1) is 6.92 Å². The molecule has 0 aliphatic heterocycles. The minimum atomic E-state index is 0.344. The molecule has 17 heavy (non-hydrogen) atoms. The second-order valence-corrected chi connectivity index (χ2v) is 5.11. The summed E-state index contributed by atoms with van der Waals surface area (Å²) in [7, 11) is 1.90. The van der Waals surface area contributed by atoms with Gasteiger partial charge in [0.05, 0.1) is 5.69 Å². The molecule has 0 saturated heterocycles. The van der Waals surface area contributed by atoms with Crippen LogP contribution in [0.2, 0.25) is 0 Å². The highest BCUT2D eigenvalue weighted by atomic mass is 32.1. The van der Waals surface area contributed by atoms with Crippen LogP contribution in [-0.4, -0.2) is 21.5 Å². The van der Waals surface area contributed by atoms with Gasteiger partial charge in [-0.15, -0.1) is 16.4 Å². The zero-order chi connectivity index (χ0) is 12.3. The molecule has 0 aliphatic carbocycles. The fraction of sp³-hybridized carbons (Fsp3) is 0.500. The van der Waals surface area contributed by atoms with E-state index < -0.39 is 0 Å². The summed E-state index contributed by atoms with van der Waals surface area (Å²) in [6.07, 6.45) is 2.87. The largest absolute Gasteiger partial charge is 0.309 e. The Balaban J connectivity index is 2.15. The van der Waals surface area contributed by atoms with Crippen LogP contribution < -0.4 is 5.32 Å². The molecule has 0 aliphatic rings. The number of rotatable bonds is 5. The Morgan fingerprint density at radius 1 is 1.53 bits per heavy atom. The maximum atomic E-state index is 4.15. The smallest absolute Gasteiger partial charge is 0.0846 e. The lowest BCUT2D eigenvalue weighted by atomic mass is 10.1. The number of nitrogens with one attached hydrogen (secondary N) is 1. The van der Waals surface area contributed by atoms with Gasteiger partial charge in [-0.1, -0.05) is 12.1 Å². The number of nitrogens with zero attached hydrogens (tertiary/aromatic N) is 3. The summed E-state index contributed by atoms with van der Waals surface area (Å²) in [5.41, 5.74) is 2.39. The van der Waals surface area contributed by atoms with Gasteiger partial charge in [-0.25, -0.2) is 0 Å². The van der Waals surface area contributed by atoms with E-state index in [-0.39, 0.29) is 0 Å². The number of hydrogen-bond donors (Lipinski definition) is 1. The minimum absolute atomic E-state index is 0.344. The molecule has 2 heterocycles. The quantitative estimate of drug-likeness (QED) is 0.883. The lowest BCUT2D eigenvalue weighted by Crippen LogP contribution is -2.22. The van der Waals surface area contributed by atoms with Crippen LogP contribution in [0.1, 0.15) is 29.1 Å². The van der Waals surface area contributed by atoms with E-state index in [0.29, 0.717) is 6.04 Å². The fourth-order valence-electron chi connectivity index (χ4n) is 1.94. The highest BCUT2D eigenvalue weighted by molar-refractivity contribution is 7.10. The van der Waals surface area contributed by atoms with Crippen molar-refractivity contribution in [2.24, 2.45) is 7.05 Å². The van der Waals surface area contributed by atoms with Gasteiger partial charge in [-0.2, -0.15) is 0 Å². The van der Waals surface area contributed by atoms with E-state index in [1.807, 2.05) is 13.2 Å². The van der Waals surface area contributed by atoms with Crippen molar-refractivity contribution in [2.45, 2.75) is 26.3 Å². The fourth-order valence-corrected chi connectivity index (χ4v) is 2.95. The molecule has 2 aromatic rings. The van der Waals surface area contributed by atoms with Crippen molar-refractivity contribution in [3.8, 4) is 0 Å². The second-order valence-electron chi connectivity index (χ2n) is 4.17. The molecule has 1 N–H and O–H groups in total. The third-order valence-electron chi connectivity index (χ3n) is 2.73. The van der Waals surface area contributed by atoms with Crippen molar-refractivity contribution in [2.75, 3.05) is 6.54 Å². The molecule has 0 spiro atoms. The molecule has 2 rings (SSSR count).